The highest BCUT2D eigenvalue weighted by Crippen LogP contribution is 2.34. The fraction of sp³-hybridized carbons (Fsp3) is 0.400. The Balaban J connectivity index is 1.97. The van der Waals surface area contributed by atoms with Crippen LogP contribution in [-0.4, -0.2) is 46.0 Å². The van der Waals surface area contributed by atoms with Crippen LogP contribution < -0.4 is 5.32 Å². The summed E-state index contributed by atoms with van der Waals surface area (Å²) in [5.74, 6) is -2.06. The van der Waals surface area contributed by atoms with Gasteiger partial charge >= 0.3 is 0 Å². The lowest BCUT2D eigenvalue weighted by Gasteiger charge is -2.33. The van der Waals surface area contributed by atoms with Crippen molar-refractivity contribution in [1.82, 2.24) is 4.31 Å². The number of rotatable bonds is 7. The fourth-order valence-corrected chi connectivity index (χ4v) is 6.76. The molecule has 1 aliphatic heterocycles. The molecule has 0 saturated carbocycles. The van der Waals surface area contributed by atoms with Crippen LogP contribution >= 0.6 is 11.6 Å². The fourth-order valence-electron chi connectivity index (χ4n) is 3.57. The van der Waals surface area contributed by atoms with E-state index in [1.54, 1.807) is 6.92 Å². The maximum Gasteiger partial charge on any atom is 0.214 e. The maximum atomic E-state index is 14.7. The smallest absolute Gasteiger partial charge is 0.214 e. The molecule has 0 bridgehead atoms. The first kappa shape index (κ1) is 23.9. The molecule has 1 N–H and O–H groups in total. The molecule has 1 heterocycles. The molecule has 0 radical (unpaired) electrons. The maximum absolute atomic E-state index is 14.7. The predicted molar refractivity (Wildman–Crippen MR) is 116 cm³/mol. The number of anilines is 1. The van der Waals surface area contributed by atoms with Gasteiger partial charge in [-0.3, -0.25) is 0 Å². The second kappa shape index (κ2) is 9.40. The molecule has 3 rings (SSSR count). The molecule has 11 heteroatoms. The zero-order valence-electron chi connectivity index (χ0n) is 16.8. The van der Waals surface area contributed by atoms with Gasteiger partial charge in [-0.25, -0.2) is 25.6 Å². The van der Waals surface area contributed by atoms with Gasteiger partial charge in [-0.1, -0.05) is 18.5 Å². The summed E-state index contributed by atoms with van der Waals surface area (Å²) in [5, 5.41) is 3.06. The van der Waals surface area contributed by atoms with E-state index in [2.05, 4.69) is 5.32 Å². The van der Waals surface area contributed by atoms with E-state index in [1.165, 1.54) is 28.6 Å². The van der Waals surface area contributed by atoms with Gasteiger partial charge in [-0.2, -0.15) is 4.31 Å². The van der Waals surface area contributed by atoms with Crippen LogP contribution in [0.4, 0.5) is 14.5 Å². The molecule has 1 saturated heterocycles. The third-order valence-electron chi connectivity index (χ3n) is 5.04. The van der Waals surface area contributed by atoms with Crippen molar-refractivity contribution >= 4 is 37.1 Å². The average molecular weight is 493 g/mol. The number of sulfone groups is 1. The van der Waals surface area contributed by atoms with Gasteiger partial charge in [0.05, 0.1) is 16.3 Å². The number of hydrogen-bond acceptors (Lipinski definition) is 5. The Bertz CT molecular complexity index is 1160. The van der Waals surface area contributed by atoms with Crippen molar-refractivity contribution in [1.29, 1.82) is 0 Å². The summed E-state index contributed by atoms with van der Waals surface area (Å²) in [4.78, 5) is -1.05. The zero-order valence-corrected chi connectivity index (χ0v) is 19.2. The molecule has 170 valence electrons. The highest BCUT2D eigenvalue weighted by Gasteiger charge is 2.32. The third-order valence-corrected chi connectivity index (χ3v) is 9.16. The standard InChI is InChI=1S/C20H23ClF2N2O4S2/c1-2-12-30(26,27)25-11-3-4-15(13-25)24-19-17(22)9-10-18(23)20(19)31(28,29)16-7-5-14(21)6-8-16/h5-10,15,24H,2-4,11-13H2,1H3. The largest absolute Gasteiger partial charge is 0.377 e. The van der Waals surface area contributed by atoms with E-state index in [4.69, 9.17) is 11.6 Å². The highest BCUT2D eigenvalue weighted by atomic mass is 35.5. The molecule has 1 fully saturated rings. The molecular formula is C20H23ClF2N2O4S2. The van der Waals surface area contributed by atoms with Gasteiger partial charge in [0.25, 0.3) is 0 Å². The van der Waals surface area contributed by atoms with Crippen molar-refractivity contribution in [3.05, 3.63) is 53.1 Å². The van der Waals surface area contributed by atoms with Crippen LogP contribution in [0.2, 0.25) is 5.02 Å². The van der Waals surface area contributed by atoms with Crippen molar-refractivity contribution in [2.45, 2.75) is 42.0 Å². The minimum Gasteiger partial charge on any atom is -0.377 e. The molecule has 0 aliphatic carbocycles. The topological polar surface area (TPSA) is 83.6 Å². The Morgan fingerprint density at radius 1 is 1.06 bits per heavy atom. The minimum absolute atomic E-state index is 0.00968. The predicted octanol–water partition coefficient (Wildman–Crippen LogP) is 4.07. The summed E-state index contributed by atoms with van der Waals surface area (Å²) in [6, 6.07) is 6.13. The molecular weight excluding hydrogens is 470 g/mol. The van der Waals surface area contributed by atoms with Crippen LogP contribution in [-0.2, 0) is 19.9 Å². The van der Waals surface area contributed by atoms with Crippen LogP contribution in [0.5, 0.6) is 0 Å². The molecule has 2 aromatic rings. The number of nitrogens with zero attached hydrogens (tertiary/aromatic N) is 1. The first-order chi connectivity index (χ1) is 14.6. The average Bonchev–Trinajstić information content (AvgIpc) is 2.71. The van der Waals surface area contributed by atoms with Crippen molar-refractivity contribution in [3.63, 3.8) is 0 Å². The van der Waals surface area contributed by atoms with Crippen LogP contribution in [0.3, 0.4) is 0 Å². The number of nitrogens with one attached hydrogen (secondary N) is 1. The molecule has 1 aliphatic rings. The molecule has 1 atom stereocenters. The Kier molecular flexibility index (Phi) is 7.25. The molecule has 0 spiro atoms. The summed E-state index contributed by atoms with van der Waals surface area (Å²) < 4.78 is 81.7. The van der Waals surface area contributed by atoms with E-state index in [9.17, 15) is 25.6 Å². The van der Waals surface area contributed by atoms with E-state index in [0.717, 1.165) is 12.1 Å². The lowest BCUT2D eigenvalue weighted by atomic mass is 10.1. The van der Waals surface area contributed by atoms with Crippen molar-refractivity contribution in [3.8, 4) is 0 Å². The molecule has 31 heavy (non-hydrogen) atoms. The number of sulfonamides is 1. The van der Waals surface area contributed by atoms with Crippen LogP contribution in [0.15, 0.2) is 46.2 Å². The second-order valence-electron chi connectivity index (χ2n) is 7.35. The summed E-state index contributed by atoms with van der Waals surface area (Å²) >= 11 is 5.80. The summed E-state index contributed by atoms with van der Waals surface area (Å²) in [5.41, 5.74) is -0.505. The van der Waals surface area contributed by atoms with Gasteiger partial charge in [0.1, 0.15) is 16.5 Å². The van der Waals surface area contributed by atoms with Crippen molar-refractivity contribution < 1.29 is 25.6 Å². The number of halogens is 3. The SMILES string of the molecule is CCCS(=O)(=O)N1CCCC(Nc2c(F)ccc(F)c2S(=O)(=O)c2ccc(Cl)cc2)C1. The minimum atomic E-state index is -4.41. The normalized spacial score (nSPS) is 18.1. The first-order valence-corrected chi connectivity index (χ1v) is 13.3. The first-order valence-electron chi connectivity index (χ1n) is 9.79. The van der Waals surface area contributed by atoms with Crippen LogP contribution in [0.25, 0.3) is 0 Å². The monoisotopic (exact) mass is 492 g/mol. The molecule has 0 aromatic heterocycles. The summed E-state index contributed by atoms with van der Waals surface area (Å²) in [7, 11) is -7.88. The van der Waals surface area contributed by atoms with Crippen LogP contribution in [0.1, 0.15) is 26.2 Å². The highest BCUT2D eigenvalue weighted by molar-refractivity contribution is 7.91. The second-order valence-corrected chi connectivity index (χ2v) is 11.8. The third kappa shape index (κ3) is 5.19. The Hall–Kier alpha value is -1.75. The van der Waals surface area contributed by atoms with Crippen molar-refractivity contribution in [2.24, 2.45) is 0 Å². The Labute approximate surface area is 186 Å². The van der Waals surface area contributed by atoms with E-state index < -0.39 is 48.1 Å². The number of benzene rings is 2. The molecule has 0 amide bonds. The number of piperidine rings is 1. The van der Waals surface area contributed by atoms with Crippen LogP contribution in [0, 0.1) is 11.6 Å². The van der Waals surface area contributed by atoms with Crippen molar-refractivity contribution in [2.75, 3.05) is 24.2 Å². The molecule has 6 nitrogen and oxygen atoms in total. The van der Waals surface area contributed by atoms with E-state index >= 15 is 0 Å². The zero-order chi connectivity index (χ0) is 22.8. The Morgan fingerprint density at radius 3 is 2.35 bits per heavy atom. The lowest BCUT2D eigenvalue weighted by molar-refractivity contribution is 0.326. The van der Waals surface area contributed by atoms with Gasteiger partial charge in [0.15, 0.2) is 0 Å². The van der Waals surface area contributed by atoms with Gasteiger partial charge in [-0.05, 0) is 55.7 Å². The van der Waals surface area contributed by atoms with E-state index in [-0.39, 0.29) is 17.2 Å². The van der Waals surface area contributed by atoms with E-state index in [1.807, 2.05) is 0 Å². The summed E-state index contributed by atoms with van der Waals surface area (Å²) in [6.45, 7) is 2.13. The number of hydrogen-bond donors (Lipinski definition) is 1. The lowest BCUT2D eigenvalue weighted by Crippen LogP contribution is -2.46. The quantitative estimate of drug-likeness (QED) is 0.630. The molecule has 2 aromatic carbocycles. The van der Waals surface area contributed by atoms with E-state index in [0.29, 0.717) is 30.8 Å². The van der Waals surface area contributed by atoms with Gasteiger partial charge in [0.2, 0.25) is 19.9 Å². The molecule has 1 unspecified atom stereocenters. The van der Waals surface area contributed by atoms with Gasteiger partial charge < -0.3 is 5.32 Å². The van der Waals surface area contributed by atoms with Gasteiger partial charge in [-0.15, -0.1) is 0 Å². The Morgan fingerprint density at radius 2 is 1.71 bits per heavy atom. The van der Waals surface area contributed by atoms with Gasteiger partial charge in [0, 0.05) is 24.2 Å². The summed E-state index contributed by atoms with van der Waals surface area (Å²) in [6.07, 6.45) is 1.45.